The number of amidine groups is 1. The summed E-state index contributed by atoms with van der Waals surface area (Å²) in [6.45, 7) is 6.49. The molecular formula is C36H57N13O4. The summed E-state index contributed by atoms with van der Waals surface area (Å²) >= 11 is 0. The molecule has 0 heterocycles. The molecule has 17 N–H and O–H groups in total. The van der Waals surface area contributed by atoms with E-state index in [0.717, 1.165) is 11.1 Å². The number of hydrogen-bond acceptors (Lipinski definition) is 8. The molecule has 0 radical (unpaired) electrons. The van der Waals surface area contributed by atoms with Gasteiger partial charge in [-0.3, -0.25) is 29.6 Å². The first-order chi connectivity index (χ1) is 25.0. The number of nitrogens with zero attached hydrogens (tertiary/aromatic N) is 2. The zero-order valence-electron chi connectivity index (χ0n) is 30.9. The van der Waals surface area contributed by atoms with Crippen LogP contribution in [0.3, 0.4) is 0 Å². The Balaban J connectivity index is 2.20. The van der Waals surface area contributed by atoms with Gasteiger partial charge in [0, 0.05) is 18.7 Å². The average Bonchev–Trinajstić information content (AvgIpc) is 3.09. The lowest BCUT2D eigenvalue weighted by molar-refractivity contribution is -0.136. The second-order valence-electron chi connectivity index (χ2n) is 13.8. The number of carbonyl (C=O) groups excluding carboxylic acids is 4. The van der Waals surface area contributed by atoms with Crippen molar-refractivity contribution in [2.24, 2.45) is 49.8 Å². The van der Waals surface area contributed by atoms with Crippen molar-refractivity contribution in [3.63, 3.8) is 0 Å². The second-order valence-corrected chi connectivity index (χ2v) is 13.8. The molecule has 0 aliphatic rings. The highest BCUT2D eigenvalue weighted by molar-refractivity contribution is 5.95. The Morgan fingerprint density at radius 2 is 1.26 bits per heavy atom. The summed E-state index contributed by atoms with van der Waals surface area (Å²) in [4.78, 5) is 62.2. The highest BCUT2D eigenvalue weighted by Gasteiger charge is 2.36. The largest absolute Gasteiger partial charge is 0.384 e. The van der Waals surface area contributed by atoms with Crippen LogP contribution in [-0.2, 0) is 38.7 Å². The van der Waals surface area contributed by atoms with Gasteiger partial charge in [-0.25, -0.2) is 4.99 Å². The zero-order chi connectivity index (χ0) is 39.6. The first kappa shape index (κ1) is 43.5. The maximum absolute atomic E-state index is 13.9. The fourth-order valence-electron chi connectivity index (χ4n) is 5.20. The summed E-state index contributed by atoms with van der Waals surface area (Å²) < 4.78 is 0. The molecule has 2 aromatic carbocycles. The van der Waals surface area contributed by atoms with E-state index in [1.807, 2.05) is 0 Å². The molecule has 0 aliphatic carbocycles. The van der Waals surface area contributed by atoms with Gasteiger partial charge in [0.2, 0.25) is 23.6 Å². The minimum Gasteiger partial charge on any atom is -0.384 e. The lowest BCUT2D eigenvalue weighted by atomic mass is 9.85. The molecule has 17 heteroatoms. The molecule has 17 nitrogen and oxygen atoms in total. The molecule has 290 valence electrons. The van der Waals surface area contributed by atoms with Crippen LogP contribution in [0.4, 0.5) is 0 Å². The molecule has 3 atom stereocenters. The predicted molar refractivity (Wildman–Crippen MR) is 207 cm³/mol. The fraction of sp³-hybridized carbons (Fsp3) is 0.472. The molecule has 4 amide bonds. The van der Waals surface area contributed by atoms with Gasteiger partial charge in [-0.1, -0.05) is 69.3 Å². The number of hydrogen-bond donors (Lipinski definition) is 11. The van der Waals surface area contributed by atoms with E-state index in [9.17, 15) is 19.2 Å². The number of nitrogens with two attached hydrogens (primary N) is 6. The van der Waals surface area contributed by atoms with Gasteiger partial charge in [0.05, 0.1) is 13.0 Å². The van der Waals surface area contributed by atoms with Gasteiger partial charge in [0.25, 0.3) is 0 Å². The number of carbonyl (C=O) groups is 4. The Labute approximate surface area is 311 Å². The van der Waals surface area contributed by atoms with E-state index in [4.69, 9.17) is 39.8 Å². The van der Waals surface area contributed by atoms with Crippen molar-refractivity contribution in [1.82, 2.24) is 21.3 Å². The van der Waals surface area contributed by atoms with Crippen LogP contribution in [0.15, 0.2) is 58.5 Å². The Hall–Kier alpha value is -5.71. The summed E-state index contributed by atoms with van der Waals surface area (Å²) in [5, 5.41) is 18.9. The standard InChI is InChI=1S/C36H57N13O4/c1-36(2,3)29(33(53)48-26(7-4-5-17-37)31(51)45-20-24-13-15-25(16-14-24)30(38)39)49-32(52)27(8-6-18-44-34(40)41)47-28(50)19-22-9-11-23(12-10-22)21-46-35(42)43/h9-16,26-27,29H,4-8,17-21,37H2,1-3H3,(H3,38,39)(H,45,51)(H,47,50)(H,48,53)(H,49,52)(H4,40,41,44)(H4,42,43,46)/t26-,27-,29+/m0/s1. The average molecular weight is 736 g/mol. The third-order valence-electron chi connectivity index (χ3n) is 8.16. The zero-order valence-corrected chi connectivity index (χ0v) is 30.9. The second kappa shape index (κ2) is 21.6. The quantitative estimate of drug-likeness (QED) is 0.0434. The number of unbranched alkanes of at least 4 members (excludes halogenated alkanes) is 1. The lowest BCUT2D eigenvalue weighted by Gasteiger charge is -2.33. The van der Waals surface area contributed by atoms with Gasteiger partial charge >= 0.3 is 0 Å². The van der Waals surface area contributed by atoms with Crippen LogP contribution >= 0.6 is 0 Å². The summed E-state index contributed by atoms with van der Waals surface area (Å²) in [6.07, 6.45) is 2.09. The van der Waals surface area contributed by atoms with E-state index in [2.05, 4.69) is 31.3 Å². The van der Waals surface area contributed by atoms with E-state index in [-0.39, 0.29) is 43.7 Å². The SMILES string of the molecule is CC(C)(C)[C@H](NC(=O)[C@H](CCCN=C(N)N)NC(=O)Cc1ccc(CN=C(N)N)cc1)C(=O)N[C@@H](CCCCN)C(=O)NCc1ccc(C(=N)N)cc1. The minimum absolute atomic E-state index is 0.0100. The Morgan fingerprint density at radius 1 is 0.698 bits per heavy atom. The van der Waals surface area contributed by atoms with Crippen molar-refractivity contribution in [2.75, 3.05) is 13.1 Å². The maximum atomic E-state index is 13.9. The lowest BCUT2D eigenvalue weighted by Crippen LogP contribution is -2.60. The van der Waals surface area contributed by atoms with E-state index >= 15 is 0 Å². The topological polar surface area (TPSA) is 321 Å². The Kier molecular flexibility index (Phi) is 17.7. The molecule has 0 saturated carbocycles. The van der Waals surface area contributed by atoms with Crippen molar-refractivity contribution < 1.29 is 19.2 Å². The van der Waals surface area contributed by atoms with Crippen molar-refractivity contribution in [2.45, 2.75) is 90.5 Å². The van der Waals surface area contributed by atoms with Gasteiger partial charge < -0.3 is 55.7 Å². The number of amides is 4. The number of aliphatic imine (C=N–C) groups is 2. The summed E-state index contributed by atoms with van der Waals surface area (Å²) in [6, 6.07) is 11.0. The van der Waals surface area contributed by atoms with E-state index < -0.39 is 47.2 Å². The number of rotatable bonds is 21. The first-order valence-corrected chi connectivity index (χ1v) is 17.5. The summed E-state index contributed by atoms with van der Waals surface area (Å²) in [7, 11) is 0. The first-order valence-electron chi connectivity index (χ1n) is 17.5. The van der Waals surface area contributed by atoms with Crippen LogP contribution in [0.2, 0.25) is 0 Å². The predicted octanol–water partition coefficient (Wildman–Crippen LogP) is -0.714. The molecule has 0 aromatic heterocycles. The molecule has 0 saturated heterocycles. The van der Waals surface area contributed by atoms with Crippen molar-refractivity contribution >= 4 is 41.4 Å². The monoisotopic (exact) mass is 735 g/mol. The van der Waals surface area contributed by atoms with Gasteiger partial charge in [0.15, 0.2) is 11.9 Å². The smallest absolute Gasteiger partial charge is 0.243 e. The van der Waals surface area contributed by atoms with Crippen LogP contribution in [0, 0.1) is 10.8 Å². The normalized spacial score (nSPS) is 12.7. The molecule has 0 spiro atoms. The Bertz CT molecular complexity index is 1580. The van der Waals surface area contributed by atoms with E-state index in [1.165, 1.54) is 0 Å². The van der Waals surface area contributed by atoms with Gasteiger partial charge in [-0.05, 0) is 60.8 Å². The molecule has 2 rings (SSSR count). The van der Waals surface area contributed by atoms with Crippen molar-refractivity contribution in [3.8, 4) is 0 Å². The highest BCUT2D eigenvalue weighted by Crippen LogP contribution is 2.21. The Morgan fingerprint density at radius 3 is 1.83 bits per heavy atom. The third-order valence-corrected chi connectivity index (χ3v) is 8.16. The number of nitrogens with one attached hydrogen (secondary N) is 5. The number of benzene rings is 2. The van der Waals surface area contributed by atoms with Crippen LogP contribution in [0.1, 0.15) is 75.1 Å². The third kappa shape index (κ3) is 16.5. The molecule has 0 fully saturated rings. The van der Waals surface area contributed by atoms with E-state index in [1.54, 1.807) is 69.3 Å². The van der Waals surface area contributed by atoms with Crippen molar-refractivity contribution in [3.05, 3.63) is 70.8 Å². The number of nitrogen functional groups attached to an aromatic ring is 1. The molecule has 0 bridgehead atoms. The van der Waals surface area contributed by atoms with Crippen LogP contribution in [0.25, 0.3) is 0 Å². The molecule has 0 aliphatic heterocycles. The fourth-order valence-corrected chi connectivity index (χ4v) is 5.20. The summed E-state index contributed by atoms with van der Waals surface area (Å²) in [5.74, 6) is -2.14. The van der Waals surface area contributed by atoms with Gasteiger partial charge in [-0.15, -0.1) is 0 Å². The van der Waals surface area contributed by atoms with Crippen molar-refractivity contribution in [1.29, 1.82) is 5.41 Å². The van der Waals surface area contributed by atoms with Crippen LogP contribution in [-0.4, -0.2) is 72.6 Å². The maximum Gasteiger partial charge on any atom is 0.243 e. The van der Waals surface area contributed by atoms with E-state index in [0.29, 0.717) is 49.9 Å². The highest BCUT2D eigenvalue weighted by atomic mass is 16.2. The van der Waals surface area contributed by atoms with Gasteiger partial charge in [-0.2, -0.15) is 0 Å². The van der Waals surface area contributed by atoms with Crippen LogP contribution < -0.4 is 55.7 Å². The molecule has 0 unspecified atom stereocenters. The minimum atomic E-state index is -1.08. The summed E-state index contributed by atoms with van der Waals surface area (Å²) in [5.41, 5.74) is 35.1. The molecule has 2 aromatic rings. The van der Waals surface area contributed by atoms with Gasteiger partial charge in [0.1, 0.15) is 24.0 Å². The number of guanidine groups is 2. The molecule has 53 heavy (non-hydrogen) atoms. The molecular weight excluding hydrogens is 678 g/mol. The van der Waals surface area contributed by atoms with Crippen LogP contribution in [0.5, 0.6) is 0 Å².